The Balaban J connectivity index is 2.42. The van der Waals surface area contributed by atoms with E-state index >= 15 is 0 Å². The average molecular weight is 270 g/mol. The van der Waals surface area contributed by atoms with Crippen molar-refractivity contribution in [2.75, 3.05) is 33.4 Å². The molecule has 112 valence electrons. The van der Waals surface area contributed by atoms with E-state index < -0.39 is 0 Å². The van der Waals surface area contributed by atoms with E-state index in [4.69, 9.17) is 10.6 Å². The standard InChI is InChI=1S/C14H30N4O/c1-3-6-13-7-4-10-18(11-8-13)14(17-15)16-9-5-12-19-2/h13H,3-12,15H2,1-2H3,(H,16,17). The van der Waals surface area contributed by atoms with Crippen molar-refractivity contribution in [3.8, 4) is 0 Å². The van der Waals surface area contributed by atoms with Crippen LogP contribution < -0.4 is 11.3 Å². The lowest BCUT2D eigenvalue weighted by molar-refractivity contribution is 0.197. The van der Waals surface area contributed by atoms with Crippen LogP contribution in [0, 0.1) is 5.92 Å². The Morgan fingerprint density at radius 3 is 2.95 bits per heavy atom. The lowest BCUT2D eigenvalue weighted by Crippen LogP contribution is -2.45. The molecule has 0 spiro atoms. The predicted molar refractivity (Wildman–Crippen MR) is 79.9 cm³/mol. The van der Waals surface area contributed by atoms with E-state index in [-0.39, 0.29) is 0 Å². The summed E-state index contributed by atoms with van der Waals surface area (Å²) in [4.78, 5) is 6.84. The van der Waals surface area contributed by atoms with Gasteiger partial charge >= 0.3 is 0 Å². The minimum absolute atomic E-state index is 0.750. The molecule has 0 aromatic carbocycles. The summed E-state index contributed by atoms with van der Waals surface area (Å²) >= 11 is 0. The van der Waals surface area contributed by atoms with Gasteiger partial charge in [-0.1, -0.05) is 19.8 Å². The van der Waals surface area contributed by atoms with Gasteiger partial charge in [0, 0.05) is 33.4 Å². The van der Waals surface area contributed by atoms with Crippen LogP contribution >= 0.6 is 0 Å². The monoisotopic (exact) mass is 270 g/mol. The highest BCUT2D eigenvalue weighted by Gasteiger charge is 2.18. The summed E-state index contributed by atoms with van der Waals surface area (Å²) in [6.45, 7) is 5.92. The first-order valence-electron chi connectivity index (χ1n) is 7.56. The lowest BCUT2D eigenvalue weighted by Gasteiger charge is -2.23. The van der Waals surface area contributed by atoms with Gasteiger partial charge in [0.1, 0.15) is 0 Å². The van der Waals surface area contributed by atoms with Crippen LogP contribution in [0.1, 0.15) is 45.4 Å². The summed E-state index contributed by atoms with van der Waals surface area (Å²) in [5.41, 5.74) is 2.76. The summed E-state index contributed by atoms with van der Waals surface area (Å²) in [5, 5.41) is 0. The summed E-state index contributed by atoms with van der Waals surface area (Å²) in [7, 11) is 1.72. The molecule has 0 saturated carbocycles. The molecule has 1 aliphatic heterocycles. The smallest absolute Gasteiger partial charge is 0.208 e. The molecule has 1 atom stereocenters. The Bertz CT molecular complexity index is 258. The highest BCUT2D eigenvalue weighted by atomic mass is 16.5. The number of nitrogens with zero attached hydrogens (tertiary/aromatic N) is 2. The van der Waals surface area contributed by atoms with Crippen LogP contribution in [0.5, 0.6) is 0 Å². The van der Waals surface area contributed by atoms with E-state index in [1.54, 1.807) is 7.11 Å². The Morgan fingerprint density at radius 1 is 1.42 bits per heavy atom. The lowest BCUT2D eigenvalue weighted by atomic mass is 9.96. The number of methoxy groups -OCH3 is 1. The number of ether oxygens (including phenoxy) is 1. The fourth-order valence-electron chi connectivity index (χ4n) is 2.70. The molecule has 5 nitrogen and oxygen atoms in total. The fourth-order valence-corrected chi connectivity index (χ4v) is 2.70. The van der Waals surface area contributed by atoms with Gasteiger partial charge in [0.05, 0.1) is 0 Å². The summed E-state index contributed by atoms with van der Waals surface area (Å²) < 4.78 is 5.03. The minimum atomic E-state index is 0.750. The number of nitrogens with one attached hydrogen (secondary N) is 1. The Kier molecular flexibility index (Phi) is 8.58. The normalized spacial score (nSPS) is 21.3. The Labute approximate surface area is 117 Å². The third kappa shape index (κ3) is 6.25. The molecule has 19 heavy (non-hydrogen) atoms. The van der Waals surface area contributed by atoms with E-state index in [2.05, 4.69) is 22.2 Å². The first-order valence-corrected chi connectivity index (χ1v) is 7.56. The highest BCUT2D eigenvalue weighted by Crippen LogP contribution is 2.21. The number of likely N-dealkylation sites (tertiary alicyclic amines) is 1. The molecule has 1 fully saturated rings. The summed E-state index contributed by atoms with van der Waals surface area (Å²) in [5.74, 6) is 7.33. The average Bonchev–Trinajstić information content (AvgIpc) is 2.65. The molecule has 0 radical (unpaired) electrons. The topological polar surface area (TPSA) is 62.9 Å². The number of aliphatic imine (C=N–C) groups is 1. The third-order valence-corrected chi connectivity index (χ3v) is 3.74. The molecular weight excluding hydrogens is 240 g/mol. The van der Waals surface area contributed by atoms with Crippen molar-refractivity contribution in [2.45, 2.75) is 45.4 Å². The molecule has 1 saturated heterocycles. The molecule has 1 rings (SSSR count). The van der Waals surface area contributed by atoms with Crippen LogP contribution in [0.15, 0.2) is 4.99 Å². The number of hydrazine groups is 1. The second-order valence-electron chi connectivity index (χ2n) is 5.27. The van der Waals surface area contributed by atoms with Crippen molar-refractivity contribution >= 4 is 5.96 Å². The third-order valence-electron chi connectivity index (χ3n) is 3.74. The van der Waals surface area contributed by atoms with Crippen molar-refractivity contribution in [1.29, 1.82) is 0 Å². The zero-order chi connectivity index (χ0) is 13.9. The maximum atomic E-state index is 5.61. The van der Waals surface area contributed by atoms with Crippen molar-refractivity contribution in [3.05, 3.63) is 0 Å². The molecule has 0 bridgehead atoms. The largest absolute Gasteiger partial charge is 0.385 e. The predicted octanol–water partition coefficient (Wildman–Crippen LogP) is 1.74. The van der Waals surface area contributed by atoms with Gasteiger partial charge in [-0.05, 0) is 31.6 Å². The summed E-state index contributed by atoms with van der Waals surface area (Å²) in [6, 6.07) is 0. The second kappa shape index (κ2) is 10.0. The van der Waals surface area contributed by atoms with Crippen LogP contribution in [0.4, 0.5) is 0 Å². The molecule has 0 aliphatic carbocycles. The van der Waals surface area contributed by atoms with Crippen molar-refractivity contribution in [3.63, 3.8) is 0 Å². The van der Waals surface area contributed by atoms with Crippen molar-refractivity contribution in [2.24, 2.45) is 16.8 Å². The Hall–Kier alpha value is -0.810. The van der Waals surface area contributed by atoms with E-state index in [0.717, 1.165) is 44.5 Å². The molecule has 1 aliphatic rings. The SMILES string of the molecule is CCCC1CCCN(C(=NCCCOC)NN)CC1. The van der Waals surface area contributed by atoms with Crippen molar-refractivity contribution in [1.82, 2.24) is 10.3 Å². The quantitative estimate of drug-likeness (QED) is 0.254. The maximum absolute atomic E-state index is 5.61. The number of hydrogen-bond donors (Lipinski definition) is 2. The van der Waals surface area contributed by atoms with Gasteiger partial charge in [-0.2, -0.15) is 0 Å². The molecule has 0 aromatic heterocycles. The van der Waals surface area contributed by atoms with Crippen LogP contribution in [0.25, 0.3) is 0 Å². The van der Waals surface area contributed by atoms with Crippen LogP contribution in [-0.2, 0) is 4.74 Å². The number of rotatable bonds is 6. The van der Waals surface area contributed by atoms with Crippen LogP contribution in [0.3, 0.4) is 0 Å². The van der Waals surface area contributed by atoms with Gasteiger partial charge in [-0.25, -0.2) is 5.84 Å². The zero-order valence-electron chi connectivity index (χ0n) is 12.5. The molecule has 1 unspecified atom stereocenters. The van der Waals surface area contributed by atoms with Gasteiger partial charge in [0.2, 0.25) is 5.96 Å². The van der Waals surface area contributed by atoms with Crippen molar-refractivity contribution < 1.29 is 4.74 Å². The molecule has 5 heteroatoms. The van der Waals surface area contributed by atoms with Crippen LogP contribution in [-0.4, -0.2) is 44.2 Å². The maximum Gasteiger partial charge on any atom is 0.208 e. The van der Waals surface area contributed by atoms with E-state index in [1.165, 1.54) is 32.1 Å². The van der Waals surface area contributed by atoms with Gasteiger partial charge in [0.25, 0.3) is 0 Å². The zero-order valence-corrected chi connectivity index (χ0v) is 12.5. The number of hydrogen-bond acceptors (Lipinski definition) is 3. The Morgan fingerprint density at radius 2 is 2.26 bits per heavy atom. The van der Waals surface area contributed by atoms with Gasteiger partial charge in [-0.15, -0.1) is 0 Å². The molecule has 0 amide bonds. The van der Waals surface area contributed by atoms with Gasteiger partial charge < -0.3 is 9.64 Å². The first-order chi connectivity index (χ1) is 9.31. The molecule has 0 aromatic rings. The first kappa shape index (κ1) is 16.2. The number of guanidine groups is 1. The van der Waals surface area contributed by atoms with E-state index in [0.29, 0.717) is 0 Å². The van der Waals surface area contributed by atoms with E-state index in [9.17, 15) is 0 Å². The second-order valence-corrected chi connectivity index (χ2v) is 5.27. The minimum Gasteiger partial charge on any atom is -0.385 e. The molecule has 3 N–H and O–H groups in total. The molecular formula is C14H30N4O. The summed E-state index contributed by atoms with van der Waals surface area (Å²) in [6.07, 6.45) is 7.41. The molecule has 1 heterocycles. The van der Waals surface area contributed by atoms with Gasteiger partial charge in [0.15, 0.2) is 0 Å². The van der Waals surface area contributed by atoms with Crippen LogP contribution in [0.2, 0.25) is 0 Å². The van der Waals surface area contributed by atoms with Gasteiger partial charge in [-0.3, -0.25) is 10.4 Å². The fraction of sp³-hybridized carbons (Fsp3) is 0.929. The van der Waals surface area contributed by atoms with E-state index in [1.807, 2.05) is 0 Å². The highest BCUT2D eigenvalue weighted by molar-refractivity contribution is 5.79. The number of nitrogens with two attached hydrogens (primary N) is 1.